The van der Waals surface area contributed by atoms with Gasteiger partial charge in [0, 0.05) is 12.6 Å². The van der Waals surface area contributed by atoms with Crippen LogP contribution in [0.25, 0.3) is 0 Å². The fraction of sp³-hybridized carbons (Fsp3) is 0.667. The number of hydrogen-bond acceptors (Lipinski definition) is 3. The quantitative estimate of drug-likeness (QED) is 0.747. The first-order chi connectivity index (χ1) is 10.2. The first-order valence-corrected chi connectivity index (χ1v) is 8.38. The molecule has 118 valence electrons. The molecule has 0 saturated heterocycles. The molecule has 0 aromatic heterocycles. The molecule has 3 heteroatoms. The van der Waals surface area contributed by atoms with E-state index in [1.165, 1.54) is 24.8 Å². The minimum Gasteiger partial charge on any atom is -0.494 e. The molecule has 0 aliphatic heterocycles. The highest BCUT2D eigenvalue weighted by atomic mass is 16.5. The third-order valence-electron chi connectivity index (χ3n) is 4.64. The fourth-order valence-corrected chi connectivity index (χ4v) is 3.49. The number of hydrogen-bond donors (Lipinski definition) is 1. The van der Waals surface area contributed by atoms with E-state index in [9.17, 15) is 0 Å². The summed E-state index contributed by atoms with van der Waals surface area (Å²) in [4.78, 5) is 2.60. The minimum atomic E-state index is 0.693. The van der Waals surface area contributed by atoms with E-state index in [4.69, 9.17) is 10.5 Å². The van der Waals surface area contributed by atoms with Gasteiger partial charge in [-0.15, -0.1) is 0 Å². The van der Waals surface area contributed by atoms with Gasteiger partial charge in [0.2, 0.25) is 0 Å². The van der Waals surface area contributed by atoms with E-state index in [2.05, 4.69) is 30.9 Å². The zero-order chi connectivity index (χ0) is 15.1. The molecule has 1 aliphatic carbocycles. The molecule has 2 atom stereocenters. The van der Waals surface area contributed by atoms with Gasteiger partial charge in [-0.05, 0) is 62.9 Å². The number of nitrogens with two attached hydrogens (primary N) is 1. The van der Waals surface area contributed by atoms with Crippen LogP contribution >= 0.6 is 0 Å². The van der Waals surface area contributed by atoms with Gasteiger partial charge >= 0.3 is 0 Å². The Kier molecular flexibility index (Phi) is 6.52. The van der Waals surface area contributed by atoms with Gasteiger partial charge in [0.15, 0.2) is 0 Å². The van der Waals surface area contributed by atoms with Crippen molar-refractivity contribution >= 4 is 0 Å². The van der Waals surface area contributed by atoms with Crippen LogP contribution in [0.2, 0.25) is 0 Å². The smallest absolute Gasteiger partial charge is 0.119 e. The molecule has 0 heterocycles. The van der Waals surface area contributed by atoms with E-state index in [-0.39, 0.29) is 0 Å². The van der Waals surface area contributed by atoms with Crippen molar-refractivity contribution in [2.24, 2.45) is 11.7 Å². The summed E-state index contributed by atoms with van der Waals surface area (Å²) in [5, 5.41) is 0. The molecule has 0 spiro atoms. The summed E-state index contributed by atoms with van der Waals surface area (Å²) in [6, 6.07) is 8.97. The molecular formula is C18H30N2O. The molecular weight excluding hydrogens is 260 g/mol. The second kappa shape index (κ2) is 8.40. The first kappa shape index (κ1) is 16.3. The van der Waals surface area contributed by atoms with E-state index in [1.807, 2.05) is 12.1 Å². The van der Waals surface area contributed by atoms with Gasteiger partial charge in [-0.2, -0.15) is 0 Å². The van der Waals surface area contributed by atoms with Gasteiger partial charge in [0.25, 0.3) is 0 Å². The largest absolute Gasteiger partial charge is 0.494 e. The van der Waals surface area contributed by atoms with Crippen molar-refractivity contribution in [2.45, 2.75) is 45.6 Å². The lowest BCUT2D eigenvalue weighted by atomic mass is 10.0. The predicted molar refractivity (Wildman–Crippen MR) is 88.7 cm³/mol. The van der Waals surface area contributed by atoms with Crippen molar-refractivity contribution in [3.63, 3.8) is 0 Å². The Morgan fingerprint density at radius 1 is 1.33 bits per heavy atom. The summed E-state index contributed by atoms with van der Waals surface area (Å²) >= 11 is 0. The molecule has 1 aliphatic rings. The number of rotatable bonds is 8. The van der Waals surface area contributed by atoms with Crippen molar-refractivity contribution < 1.29 is 4.74 Å². The van der Waals surface area contributed by atoms with E-state index in [0.717, 1.165) is 38.4 Å². The molecule has 1 fully saturated rings. The standard InChI is InChI=1S/C18H30N2O/c1-3-20(18-10-5-8-16(18)14-19)11-6-12-21-17-9-4-7-15(2)13-17/h4,7,9,13,16,18H,3,5-6,8,10-12,14,19H2,1-2H3. The lowest BCUT2D eigenvalue weighted by molar-refractivity contribution is 0.157. The Hall–Kier alpha value is -1.06. The third kappa shape index (κ3) is 4.72. The van der Waals surface area contributed by atoms with E-state index < -0.39 is 0 Å². The van der Waals surface area contributed by atoms with Crippen LogP contribution in [-0.2, 0) is 0 Å². The molecule has 1 aromatic rings. The van der Waals surface area contributed by atoms with Gasteiger partial charge in [0.1, 0.15) is 5.75 Å². The molecule has 0 bridgehead atoms. The van der Waals surface area contributed by atoms with Crippen molar-refractivity contribution in [1.82, 2.24) is 4.90 Å². The molecule has 1 aromatic carbocycles. The molecule has 0 amide bonds. The average Bonchev–Trinajstić information content (AvgIpc) is 2.96. The maximum absolute atomic E-state index is 5.91. The second-order valence-electron chi connectivity index (χ2n) is 6.14. The summed E-state index contributed by atoms with van der Waals surface area (Å²) in [6.45, 7) is 8.21. The Bertz CT molecular complexity index is 421. The van der Waals surface area contributed by atoms with Crippen LogP contribution in [0.4, 0.5) is 0 Å². The summed E-state index contributed by atoms with van der Waals surface area (Å²) in [7, 11) is 0. The maximum atomic E-state index is 5.91. The lowest BCUT2D eigenvalue weighted by Crippen LogP contribution is -2.41. The normalized spacial score (nSPS) is 21.9. The Labute approximate surface area is 129 Å². The summed E-state index contributed by atoms with van der Waals surface area (Å²) in [5.41, 5.74) is 7.16. The first-order valence-electron chi connectivity index (χ1n) is 8.38. The zero-order valence-electron chi connectivity index (χ0n) is 13.6. The van der Waals surface area contributed by atoms with Crippen LogP contribution in [0.3, 0.4) is 0 Å². The van der Waals surface area contributed by atoms with Crippen LogP contribution in [0.1, 0.15) is 38.2 Å². The average molecular weight is 290 g/mol. The van der Waals surface area contributed by atoms with Crippen LogP contribution in [0.5, 0.6) is 5.75 Å². The highest BCUT2D eigenvalue weighted by Gasteiger charge is 2.29. The van der Waals surface area contributed by atoms with Gasteiger partial charge < -0.3 is 15.4 Å². The molecule has 2 unspecified atom stereocenters. The monoisotopic (exact) mass is 290 g/mol. The lowest BCUT2D eigenvalue weighted by Gasteiger charge is -2.31. The van der Waals surface area contributed by atoms with Crippen LogP contribution in [-0.4, -0.2) is 37.2 Å². The van der Waals surface area contributed by atoms with Crippen LogP contribution in [0, 0.1) is 12.8 Å². The highest BCUT2D eigenvalue weighted by Crippen LogP contribution is 2.29. The van der Waals surface area contributed by atoms with Crippen molar-refractivity contribution in [3.05, 3.63) is 29.8 Å². The number of aryl methyl sites for hydroxylation is 1. The molecule has 2 rings (SSSR count). The highest BCUT2D eigenvalue weighted by molar-refractivity contribution is 5.27. The van der Waals surface area contributed by atoms with Gasteiger partial charge in [-0.1, -0.05) is 25.5 Å². The summed E-state index contributed by atoms with van der Waals surface area (Å²) < 4.78 is 5.85. The van der Waals surface area contributed by atoms with Crippen molar-refractivity contribution in [1.29, 1.82) is 0 Å². The predicted octanol–water partition coefficient (Wildman–Crippen LogP) is 3.21. The zero-order valence-corrected chi connectivity index (χ0v) is 13.6. The summed E-state index contributed by atoms with van der Waals surface area (Å²) in [5.74, 6) is 1.68. The molecule has 1 saturated carbocycles. The van der Waals surface area contributed by atoms with E-state index >= 15 is 0 Å². The Morgan fingerprint density at radius 3 is 2.90 bits per heavy atom. The van der Waals surface area contributed by atoms with E-state index in [1.54, 1.807) is 0 Å². The van der Waals surface area contributed by atoms with Crippen molar-refractivity contribution in [2.75, 3.05) is 26.2 Å². The van der Waals surface area contributed by atoms with Gasteiger partial charge in [0.05, 0.1) is 6.61 Å². The van der Waals surface area contributed by atoms with Gasteiger partial charge in [-0.3, -0.25) is 0 Å². The van der Waals surface area contributed by atoms with E-state index in [0.29, 0.717) is 12.0 Å². The molecule has 2 N–H and O–H groups in total. The van der Waals surface area contributed by atoms with Crippen molar-refractivity contribution in [3.8, 4) is 5.75 Å². The summed E-state index contributed by atoms with van der Waals surface area (Å²) in [6.07, 6.45) is 5.03. The minimum absolute atomic E-state index is 0.693. The second-order valence-corrected chi connectivity index (χ2v) is 6.14. The molecule has 3 nitrogen and oxygen atoms in total. The number of benzene rings is 1. The van der Waals surface area contributed by atoms with Crippen LogP contribution in [0.15, 0.2) is 24.3 Å². The third-order valence-corrected chi connectivity index (χ3v) is 4.64. The SMILES string of the molecule is CCN(CCCOc1cccc(C)c1)C1CCCC1CN. The Morgan fingerprint density at radius 2 is 2.19 bits per heavy atom. The Balaban J connectivity index is 1.73. The molecule has 21 heavy (non-hydrogen) atoms. The van der Waals surface area contributed by atoms with Gasteiger partial charge in [-0.25, -0.2) is 0 Å². The number of ether oxygens (including phenoxy) is 1. The maximum Gasteiger partial charge on any atom is 0.119 e. The fourth-order valence-electron chi connectivity index (χ4n) is 3.49. The topological polar surface area (TPSA) is 38.5 Å². The van der Waals surface area contributed by atoms with Crippen LogP contribution < -0.4 is 10.5 Å². The molecule has 0 radical (unpaired) electrons. The number of nitrogens with zero attached hydrogens (tertiary/aromatic N) is 1.